The molecule has 1 saturated heterocycles. The lowest BCUT2D eigenvalue weighted by Gasteiger charge is -2.38. The maximum absolute atomic E-state index is 14.1. The first kappa shape index (κ1) is 33.9. The third-order valence-electron chi connectivity index (χ3n) is 8.21. The number of alkyl halides is 2. The summed E-state index contributed by atoms with van der Waals surface area (Å²) in [6, 6.07) is 19.7. The van der Waals surface area contributed by atoms with E-state index in [1.807, 2.05) is 72.8 Å². The Kier molecular flexibility index (Phi) is 13.6. The van der Waals surface area contributed by atoms with Gasteiger partial charge in [0, 0.05) is 30.4 Å². The summed E-state index contributed by atoms with van der Waals surface area (Å²) in [6.45, 7) is 6.33. The molecule has 1 atom stereocenters. The number of thiocarbonyl (C=S) groups is 1. The first-order chi connectivity index (χ1) is 20.2. The monoisotopic (exact) mass is 597 g/mol. The van der Waals surface area contributed by atoms with Gasteiger partial charge in [-0.1, -0.05) is 132 Å². The number of rotatable bonds is 18. The molecule has 1 aliphatic rings. The molecule has 1 amide bonds. The molecule has 0 aromatic heterocycles. The third kappa shape index (κ3) is 9.20. The van der Waals surface area contributed by atoms with Gasteiger partial charge in [0.1, 0.15) is 0 Å². The quantitative estimate of drug-likeness (QED) is 0.0973. The van der Waals surface area contributed by atoms with Crippen molar-refractivity contribution in [1.82, 2.24) is 4.90 Å². The summed E-state index contributed by atoms with van der Waals surface area (Å²) >= 11 is 5.69. The van der Waals surface area contributed by atoms with E-state index in [1.54, 1.807) is 4.90 Å². The number of benzene rings is 2. The van der Waals surface area contributed by atoms with Crippen molar-refractivity contribution in [3.8, 4) is 0 Å². The van der Waals surface area contributed by atoms with Gasteiger partial charge in [0.2, 0.25) is 11.8 Å². The fourth-order valence-electron chi connectivity index (χ4n) is 6.08. The van der Waals surface area contributed by atoms with E-state index in [0.717, 1.165) is 62.5 Å². The van der Waals surface area contributed by atoms with Crippen LogP contribution in [-0.4, -0.2) is 27.9 Å². The number of unbranched alkanes of at least 4 members (excludes halogenated alkanes) is 8. The molecule has 0 spiro atoms. The van der Waals surface area contributed by atoms with E-state index < -0.39 is 11.5 Å². The van der Waals surface area contributed by atoms with Crippen LogP contribution in [0.2, 0.25) is 0 Å². The number of hydrogen-bond donors (Lipinski definition) is 0. The topological polar surface area (TPSA) is 29.5 Å². The molecule has 0 radical (unpaired) electrons. The van der Waals surface area contributed by atoms with Crippen LogP contribution in [0.25, 0.3) is 0 Å². The van der Waals surface area contributed by atoms with E-state index in [9.17, 15) is 13.6 Å². The number of carbonyl (C=O) groups is 1. The van der Waals surface area contributed by atoms with E-state index in [-0.39, 0.29) is 42.3 Å². The second kappa shape index (κ2) is 16.9. The van der Waals surface area contributed by atoms with Crippen LogP contribution in [0.4, 0.5) is 8.78 Å². The number of nitrogens with zero attached hydrogens (tertiary/aromatic N) is 1. The Bertz CT molecular complexity index is 1080. The van der Waals surface area contributed by atoms with Gasteiger partial charge in [-0.2, -0.15) is 0 Å². The standard InChI is InChI=1S/C36H49F2NO2S/c1-4-5-6-11-20-27-35(37,38)28-21-12-9-7-8-10-19-26-32(40)39-33(29(2)3)36(41-34(39)42,30-22-15-13-16-23-30)31-24-17-14-18-25-31/h10,13-19,22-25,29,33H,4-9,11-12,20-21,26-28H2,1-3H3/t33-/m0/s1. The fourth-order valence-corrected chi connectivity index (χ4v) is 6.42. The second-order valence-electron chi connectivity index (χ2n) is 11.9. The van der Waals surface area contributed by atoms with Crippen LogP contribution in [-0.2, 0) is 15.1 Å². The van der Waals surface area contributed by atoms with Gasteiger partial charge in [-0.15, -0.1) is 0 Å². The summed E-state index contributed by atoms with van der Waals surface area (Å²) in [5.74, 6) is -2.54. The summed E-state index contributed by atoms with van der Waals surface area (Å²) in [5, 5.41) is 0.206. The normalized spacial score (nSPS) is 16.9. The molecule has 6 heteroatoms. The maximum Gasteiger partial charge on any atom is 0.267 e. The van der Waals surface area contributed by atoms with E-state index in [0.29, 0.717) is 12.8 Å². The Morgan fingerprint density at radius 3 is 1.93 bits per heavy atom. The number of allylic oxidation sites excluding steroid dienone is 1. The molecule has 230 valence electrons. The Balaban J connectivity index is 1.50. The predicted molar refractivity (Wildman–Crippen MR) is 173 cm³/mol. The zero-order chi connectivity index (χ0) is 30.4. The molecule has 2 aromatic carbocycles. The van der Waals surface area contributed by atoms with E-state index in [2.05, 4.69) is 20.8 Å². The van der Waals surface area contributed by atoms with E-state index in [1.165, 1.54) is 0 Å². The lowest BCUT2D eigenvalue weighted by atomic mass is 9.75. The highest BCUT2D eigenvalue weighted by Crippen LogP contribution is 2.47. The smallest absolute Gasteiger partial charge is 0.267 e. The van der Waals surface area contributed by atoms with Crippen molar-refractivity contribution in [3.63, 3.8) is 0 Å². The van der Waals surface area contributed by atoms with Crippen LogP contribution in [0, 0.1) is 5.92 Å². The average Bonchev–Trinajstić information content (AvgIpc) is 3.31. The molecule has 2 aromatic rings. The first-order valence-electron chi connectivity index (χ1n) is 15.9. The molecule has 0 N–H and O–H groups in total. The van der Waals surface area contributed by atoms with Crippen molar-refractivity contribution in [3.05, 3.63) is 83.9 Å². The summed E-state index contributed by atoms with van der Waals surface area (Å²) < 4.78 is 34.7. The van der Waals surface area contributed by atoms with Crippen LogP contribution in [0.5, 0.6) is 0 Å². The SMILES string of the molecule is CCCCCCCC(F)(F)CCCCCCC=CCC(=O)N1C(=S)OC(c2ccccc2)(c2ccccc2)[C@@H]1C(C)C. The molecule has 0 aliphatic carbocycles. The number of halogens is 2. The highest BCUT2D eigenvalue weighted by Gasteiger charge is 2.57. The lowest BCUT2D eigenvalue weighted by molar-refractivity contribution is -0.128. The lowest BCUT2D eigenvalue weighted by Crippen LogP contribution is -2.49. The molecule has 1 heterocycles. The molecular weight excluding hydrogens is 548 g/mol. The van der Waals surface area contributed by atoms with Gasteiger partial charge in [0.25, 0.3) is 5.17 Å². The summed E-state index contributed by atoms with van der Waals surface area (Å²) in [7, 11) is 0. The number of amides is 1. The predicted octanol–water partition coefficient (Wildman–Crippen LogP) is 10.4. The van der Waals surface area contributed by atoms with Gasteiger partial charge in [-0.3, -0.25) is 9.69 Å². The van der Waals surface area contributed by atoms with Gasteiger partial charge in [-0.05, 0) is 43.8 Å². The molecule has 1 aliphatic heterocycles. The number of carbonyl (C=O) groups excluding carboxylic acids is 1. The molecule has 0 saturated carbocycles. The zero-order valence-electron chi connectivity index (χ0n) is 25.7. The van der Waals surface area contributed by atoms with E-state index >= 15 is 0 Å². The van der Waals surface area contributed by atoms with Crippen molar-refractivity contribution in [1.29, 1.82) is 0 Å². The molecular formula is C36H49F2NO2S. The maximum atomic E-state index is 14.1. The van der Waals surface area contributed by atoms with Gasteiger partial charge in [-0.25, -0.2) is 8.78 Å². The van der Waals surface area contributed by atoms with Crippen molar-refractivity contribution >= 4 is 23.3 Å². The highest BCUT2D eigenvalue weighted by atomic mass is 32.1. The molecule has 3 rings (SSSR count). The van der Waals surface area contributed by atoms with Gasteiger partial charge in [0.05, 0.1) is 6.04 Å². The first-order valence-corrected chi connectivity index (χ1v) is 16.3. The number of hydrogen-bond acceptors (Lipinski definition) is 3. The minimum atomic E-state index is -2.53. The number of ether oxygens (including phenoxy) is 1. The van der Waals surface area contributed by atoms with Crippen LogP contribution < -0.4 is 0 Å². The molecule has 0 unspecified atom stereocenters. The van der Waals surface area contributed by atoms with Crippen molar-refractivity contribution in [2.24, 2.45) is 5.92 Å². The average molecular weight is 598 g/mol. The summed E-state index contributed by atoms with van der Waals surface area (Å²) in [4.78, 5) is 15.2. The van der Waals surface area contributed by atoms with Crippen LogP contribution in [0.15, 0.2) is 72.8 Å². The minimum absolute atomic E-state index is 0.00654. The molecule has 42 heavy (non-hydrogen) atoms. The van der Waals surface area contributed by atoms with E-state index in [4.69, 9.17) is 17.0 Å². The Labute approximate surface area is 257 Å². The Hall–Kier alpha value is -2.60. The zero-order valence-corrected chi connectivity index (χ0v) is 26.5. The van der Waals surface area contributed by atoms with Crippen LogP contribution in [0.3, 0.4) is 0 Å². The molecule has 1 fully saturated rings. The second-order valence-corrected chi connectivity index (χ2v) is 12.3. The minimum Gasteiger partial charge on any atom is -0.452 e. The van der Waals surface area contributed by atoms with Gasteiger partial charge in [0.15, 0.2) is 5.60 Å². The van der Waals surface area contributed by atoms with Crippen molar-refractivity contribution in [2.75, 3.05) is 0 Å². The molecule has 3 nitrogen and oxygen atoms in total. The summed E-state index contributed by atoms with van der Waals surface area (Å²) in [5.41, 5.74) is 1.04. The third-order valence-corrected chi connectivity index (χ3v) is 8.49. The fraction of sp³-hybridized carbons (Fsp3) is 0.556. The van der Waals surface area contributed by atoms with Gasteiger partial charge < -0.3 is 4.74 Å². The van der Waals surface area contributed by atoms with Gasteiger partial charge >= 0.3 is 0 Å². The van der Waals surface area contributed by atoms with Crippen LogP contribution >= 0.6 is 12.2 Å². The highest BCUT2D eigenvalue weighted by molar-refractivity contribution is 7.80. The van der Waals surface area contributed by atoms with Crippen molar-refractivity contribution in [2.45, 2.75) is 122 Å². The largest absolute Gasteiger partial charge is 0.452 e. The Morgan fingerprint density at radius 1 is 0.881 bits per heavy atom. The van der Waals surface area contributed by atoms with Crippen molar-refractivity contribution < 1.29 is 18.3 Å². The summed E-state index contributed by atoms with van der Waals surface area (Å²) in [6.07, 6.45) is 13.1. The molecule has 0 bridgehead atoms. The van der Waals surface area contributed by atoms with Crippen LogP contribution in [0.1, 0.15) is 115 Å². The Morgan fingerprint density at radius 2 is 1.40 bits per heavy atom.